The molecule has 0 radical (unpaired) electrons. The fraction of sp³-hybridized carbons (Fsp3) is 0.462. The van der Waals surface area contributed by atoms with E-state index in [1.54, 1.807) is 12.1 Å². The zero-order valence-corrected chi connectivity index (χ0v) is 10.1. The van der Waals surface area contributed by atoms with E-state index < -0.39 is 0 Å². The maximum atomic E-state index is 12.0. The van der Waals surface area contributed by atoms with Gasteiger partial charge in [0, 0.05) is 6.61 Å². The summed E-state index contributed by atoms with van der Waals surface area (Å²) in [5.41, 5.74) is 1.24. The van der Waals surface area contributed by atoms with Gasteiger partial charge in [0.2, 0.25) is 0 Å². The van der Waals surface area contributed by atoms with Crippen molar-refractivity contribution in [3.63, 3.8) is 0 Å². The summed E-state index contributed by atoms with van der Waals surface area (Å²) in [6, 6.07) is 5.07. The third kappa shape index (κ3) is 2.58. The van der Waals surface area contributed by atoms with E-state index in [1.165, 1.54) is 0 Å². The lowest BCUT2D eigenvalue weighted by atomic mass is 10.1. The van der Waals surface area contributed by atoms with E-state index in [0.29, 0.717) is 12.2 Å². The van der Waals surface area contributed by atoms with Gasteiger partial charge in [-0.15, -0.1) is 0 Å². The Morgan fingerprint density at radius 1 is 1.53 bits per heavy atom. The molecule has 17 heavy (non-hydrogen) atoms. The average molecular weight is 235 g/mol. The van der Waals surface area contributed by atoms with Crippen molar-refractivity contribution in [1.29, 1.82) is 0 Å². The lowest BCUT2D eigenvalue weighted by Gasteiger charge is -2.16. The molecule has 2 rings (SSSR count). The highest BCUT2D eigenvalue weighted by Gasteiger charge is 2.26. The molecule has 1 aromatic carbocycles. The highest BCUT2D eigenvalue weighted by molar-refractivity contribution is 5.97. The van der Waals surface area contributed by atoms with Gasteiger partial charge < -0.3 is 15.2 Å². The van der Waals surface area contributed by atoms with Crippen LogP contribution >= 0.6 is 0 Å². The van der Waals surface area contributed by atoms with Gasteiger partial charge in [-0.3, -0.25) is 4.79 Å². The van der Waals surface area contributed by atoms with Crippen molar-refractivity contribution in [1.82, 2.24) is 5.32 Å². The Morgan fingerprint density at radius 3 is 2.88 bits per heavy atom. The first kappa shape index (κ1) is 11.9. The first-order chi connectivity index (χ1) is 8.08. The van der Waals surface area contributed by atoms with Crippen LogP contribution in [0.25, 0.3) is 0 Å². The third-order valence-electron chi connectivity index (χ3n) is 3.09. The largest absolute Gasteiger partial charge is 0.507 e. The molecule has 2 atom stereocenters. The van der Waals surface area contributed by atoms with Gasteiger partial charge in [-0.05, 0) is 38.0 Å². The summed E-state index contributed by atoms with van der Waals surface area (Å²) in [4.78, 5) is 12.0. The van der Waals surface area contributed by atoms with Crippen molar-refractivity contribution in [2.45, 2.75) is 32.4 Å². The minimum atomic E-state index is -0.246. The van der Waals surface area contributed by atoms with Gasteiger partial charge in [-0.1, -0.05) is 6.07 Å². The molecular weight excluding hydrogens is 218 g/mol. The van der Waals surface area contributed by atoms with E-state index in [9.17, 15) is 9.90 Å². The Labute approximate surface area is 101 Å². The number of benzene rings is 1. The average Bonchev–Trinajstić information content (AvgIpc) is 2.64. The summed E-state index contributed by atoms with van der Waals surface area (Å²) < 4.78 is 5.37. The number of aromatic hydroxyl groups is 1. The number of amides is 1. The van der Waals surface area contributed by atoms with Crippen molar-refractivity contribution in [2.24, 2.45) is 0 Å². The number of carbonyl (C=O) groups is 1. The highest BCUT2D eigenvalue weighted by Crippen LogP contribution is 2.20. The molecule has 2 unspecified atom stereocenters. The number of phenols is 1. The minimum Gasteiger partial charge on any atom is -0.507 e. The monoisotopic (exact) mass is 235 g/mol. The second kappa shape index (κ2) is 4.75. The summed E-state index contributed by atoms with van der Waals surface area (Å²) in [6.07, 6.45) is 0.853. The van der Waals surface area contributed by atoms with Gasteiger partial charge in [-0.25, -0.2) is 0 Å². The van der Waals surface area contributed by atoms with E-state index in [0.717, 1.165) is 12.0 Å². The molecule has 92 valence electrons. The van der Waals surface area contributed by atoms with Crippen LogP contribution in [-0.4, -0.2) is 29.8 Å². The molecule has 4 heteroatoms. The van der Waals surface area contributed by atoms with Crippen molar-refractivity contribution in [3.8, 4) is 5.75 Å². The quantitative estimate of drug-likeness (QED) is 0.818. The van der Waals surface area contributed by atoms with E-state index in [4.69, 9.17) is 4.74 Å². The van der Waals surface area contributed by atoms with Crippen molar-refractivity contribution >= 4 is 5.91 Å². The van der Waals surface area contributed by atoms with Crippen LogP contribution in [0.4, 0.5) is 0 Å². The van der Waals surface area contributed by atoms with Crippen LogP contribution in [0, 0.1) is 6.92 Å². The maximum Gasteiger partial charge on any atom is 0.255 e. The topological polar surface area (TPSA) is 58.6 Å². The van der Waals surface area contributed by atoms with Crippen LogP contribution in [0.15, 0.2) is 18.2 Å². The van der Waals surface area contributed by atoms with E-state index >= 15 is 0 Å². The second-order valence-corrected chi connectivity index (χ2v) is 4.47. The predicted octanol–water partition coefficient (Wildman–Crippen LogP) is 1.61. The number of hydrogen-bond acceptors (Lipinski definition) is 3. The third-order valence-corrected chi connectivity index (χ3v) is 3.09. The van der Waals surface area contributed by atoms with Crippen LogP contribution < -0.4 is 5.32 Å². The van der Waals surface area contributed by atoms with E-state index in [2.05, 4.69) is 5.32 Å². The van der Waals surface area contributed by atoms with Crippen molar-refractivity contribution < 1.29 is 14.6 Å². The van der Waals surface area contributed by atoms with Gasteiger partial charge in [-0.2, -0.15) is 0 Å². The summed E-state index contributed by atoms with van der Waals surface area (Å²) in [5, 5.41) is 12.6. The Balaban J connectivity index is 2.09. The molecule has 1 amide bonds. The highest BCUT2D eigenvalue weighted by atomic mass is 16.5. The Morgan fingerprint density at radius 2 is 2.29 bits per heavy atom. The smallest absolute Gasteiger partial charge is 0.255 e. The fourth-order valence-corrected chi connectivity index (χ4v) is 2.00. The van der Waals surface area contributed by atoms with Crippen LogP contribution in [0.5, 0.6) is 5.75 Å². The number of ether oxygens (including phenoxy) is 1. The Kier molecular flexibility index (Phi) is 3.33. The van der Waals surface area contributed by atoms with Gasteiger partial charge in [0.15, 0.2) is 0 Å². The standard InChI is InChI=1S/C13H17NO3/c1-8-3-4-10(12(15)7-8)13(16)14-11-5-6-17-9(11)2/h3-4,7,9,11,15H,5-6H2,1-2H3,(H,14,16). The summed E-state index contributed by atoms with van der Waals surface area (Å²) >= 11 is 0. The Hall–Kier alpha value is -1.55. The molecule has 0 spiro atoms. The Bertz CT molecular complexity index is 431. The van der Waals surface area contributed by atoms with Gasteiger partial charge in [0.05, 0.1) is 17.7 Å². The van der Waals surface area contributed by atoms with E-state index in [-0.39, 0.29) is 23.8 Å². The lowest BCUT2D eigenvalue weighted by molar-refractivity contribution is 0.0864. The molecule has 0 aliphatic carbocycles. The maximum absolute atomic E-state index is 12.0. The molecule has 2 N–H and O–H groups in total. The van der Waals surface area contributed by atoms with Crippen molar-refractivity contribution in [3.05, 3.63) is 29.3 Å². The fourth-order valence-electron chi connectivity index (χ4n) is 2.00. The molecule has 1 heterocycles. The summed E-state index contributed by atoms with van der Waals surface area (Å²) in [5.74, 6) is -0.223. The molecule has 1 aliphatic heterocycles. The van der Waals surface area contributed by atoms with E-state index in [1.807, 2.05) is 19.9 Å². The predicted molar refractivity (Wildman–Crippen MR) is 64.1 cm³/mol. The molecule has 0 bridgehead atoms. The number of hydrogen-bond donors (Lipinski definition) is 2. The second-order valence-electron chi connectivity index (χ2n) is 4.47. The van der Waals surface area contributed by atoms with Crippen LogP contribution in [0.3, 0.4) is 0 Å². The first-order valence-electron chi connectivity index (χ1n) is 5.80. The number of nitrogens with one attached hydrogen (secondary N) is 1. The summed E-state index contributed by atoms with van der Waals surface area (Å²) in [6.45, 7) is 4.48. The molecule has 0 saturated carbocycles. The number of phenolic OH excluding ortho intramolecular Hbond substituents is 1. The molecule has 4 nitrogen and oxygen atoms in total. The summed E-state index contributed by atoms with van der Waals surface area (Å²) in [7, 11) is 0. The zero-order valence-electron chi connectivity index (χ0n) is 10.1. The molecular formula is C13H17NO3. The number of carbonyl (C=O) groups excluding carboxylic acids is 1. The lowest BCUT2D eigenvalue weighted by Crippen LogP contribution is -2.39. The zero-order chi connectivity index (χ0) is 12.4. The van der Waals surface area contributed by atoms with Crippen LogP contribution in [0.2, 0.25) is 0 Å². The number of aryl methyl sites for hydroxylation is 1. The van der Waals surface area contributed by atoms with Crippen molar-refractivity contribution in [2.75, 3.05) is 6.61 Å². The number of rotatable bonds is 2. The van der Waals surface area contributed by atoms with Crippen LogP contribution in [0.1, 0.15) is 29.3 Å². The molecule has 1 aromatic rings. The first-order valence-corrected chi connectivity index (χ1v) is 5.80. The molecule has 1 fully saturated rings. The SMILES string of the molecule is Cc1ccc(C(=O)NC2CCOC2C)c(O)c1. The molecule has 0 aromatic heterocycles. The van der Waals surface area contributed by atoms with Gasteiger partial charge in [0.1, 0.15) is 5.75 Å². The normalized spacial score (nSPS) is 23.6. The minimum absolute atomic E-state index is 0.0223. The molecule has 1 aliphatic rings. The van der Waals surface area contributed by atoms with Gasteiger partial charge >= 0.3 is 0 Å². The van der Waals surface area contributed by atoms with Crippen LogP contribution in [-0.2, 0) is 4.74 Å². The van der Waals surface area contributed by atoms with Gasteiger partial charge in [0.25, 0.3) is 5.91 Å². The molecule has 1 saturated heterocycles.